The highest BCUT2D eigenvalue weighted by Crippen LogP contribution is 2.18. The molecule has 0 aliphatic rings. The Hall–Kier alpha value is -2.49. The van der Waals surface area contributed by atoms with Crippen molar-refractivity contribution in [1.82, 2.24) is 15.0 Å². The van der Waals surface area contributed by atoms with Crippen LogP contribution in [0.1, 0.15) is 5.56 Å². The molecule has 3 nitrogen and oxygen atoms in total. The summed E-state index contributed by atoms with van der Waals surface area (Å²) in [5, 5.41) is 8.16. The summed E-state index contributed by atoms with van der Waals surface area (Å²) >= 11 is 0. The first-order valence-electron chi connectivity index (χ1n) is 5.98. The largest absolute Gasteiger partial charge is 0.220 e. The van der Waals surface area contributed by atoms with Crippen molar-refractivity contribution in [2.75, 3.05) is 0 Å². The molecular formula is C15H12FN3. The van der Waals surface area contributed by atoms with Gasteiger partial charge in [-0.1, -0.05) is 29.5 Å². The van der Waals surface area contributed by atoms with E-state index in [2.05, 4.69) is 10.3 Å². The number of aromatic nitrogens is 3. The topological polar surface area (TPSA) is 30.7 Å². The fraction of sp³-hybridized carbons (Fsp3) is 0.0667. The van der Waals surface area contributed by atoms with Crippen molar-refractivity contribution < 1.29 is 4.39 Å². The Labute approximate surface area is 110 Å². The zero-order chi connectivity index (χ0) is 13.2. The monoisotopic (exact) mass is 253 g/mol. The van der Waals surface area contributed by atoms with Crippen LogP contribution in [0.4, 0.5) is 4.39 Å². The summed E-state index contributed by atoms with van der Waals surface area (Å²) in [5.41, 5.74) is 3.47. The number of benzene rings is 2. The van der Waals surface area contributed by atoms with Gasteiger partial charge in [0.2, 0.25) is 0 Å². The second-order valence-corrected chi connectivity index (χ2v) is 4.40. The minimum atomic E-state index is -0.275. The fourth-order valence-electron chi connectivity index (χ4n) is 1.94. The lowest BCUT2D eigenvalue weighted by molar-refractivity contribution is 0.628. The summed E-state index contributed by atoms with van der Waals surface area (Å²) in [4.78, 5) is 0. The maximum atomic E-state index is 13.2. The normalized spacial score (nSPS) is 10.6. The molecule has 0 spiro atoms. The highest BCUT2D eigenvalue weighted by atomic mass is 19.1. The minimum absolute atomic E-state index is 0.275. The molecule has 19 heavy (non-hydrogen) atoms. The summed E-state index contributed by atoms with van der Waals surface area (Å²) in [6, 6.07) is 14.3. The highest BCUT2D eigenvalue weighted by Gasteiger charge is 2.06. The number of nitrogens with zero attached hydrogens (tertiary/aromatic N) is 3. The number of halogens is 1. The molecule has 0 aliphatic heterocycles. The van der Waals surface area contributed by atoms with Crippen LogP contribution < -0.4 is 0 Å². The second kappa shape index (κ2) is 4.65. The maximum absolute atomic E-state index is 13.2. The van der Waals surface area contributed by atoms with E-state index in [1.165, 1.54) is 12.1 Å². The van der Waals surface area contributed by atoms with Gasteiger partial charge in [-0.05, 0) is 36.8 Å². The molecule has 0 saturated heterocycles. The van der Waals surface area contributed by atoms with E-state index in [1.54, 1.807) is 16.9 Å². The van der Waals surface area contributed by atoms with Crippen LogP contribution in [-0.4, -0.2) is 15.0 Å². The van der Waals surface area contributed by atoms with Gasteiger partial charge in [0.05, 0.1) is 11.9 Å². The summed E-state index contributed by atoms with van der Waals surface area (Å²) in [6.45, 7) is 2.02. The first kappa shape index (κ1) is 11.6. The summed E-state index contributed by atoms with van der Waals surface area (Å²) in [5.74, 6) is -0.275. The molecular weight excluding hydrogens is 241 g/mol. The van der Waals surface area contributed by atoms with Gasteiger partial charge in [-0.3, -0.25) is 0 Å². The summed E-state index contributed by atoms with van der Waals surface area (Å²) < 4.78 is 14.9. The van der Waals surface area contributed by atoms with Crippen LogP contribution in [-0.2, 0) is 0 Å². The third kappa shape index (κ3) is 2.38. The number of rotatable bonds is 2. The fourth-order valence-corrected chi connectivity index (χ4v) is 1.94. The van der Waals surface area contributed by atoms with E-state index >= 15 is 0 Å². The zero-order valence-electron chi connectivity index (χ0n) is 10.4. The van der Waals surface area contributed by atoms with Gasteiger partial charge in [0.15, 0.2) is 0 Å². The zero-order valence-corrected chi connectivity index (χ0v) is 10.4. The third-order valence-electron chi connectivity index (χ3n) is 2.88. The van der Waals surface area contributed by atoms with E-state index < -0.39 is 0 Å². The molecule has 0 N–H and O–H groups in total. The van der Waals surface area contributed by atoms with E-state index in [4.69, 9.17) is 0 Å². The van der Waals surface area contributed by atoms with Crippen molar-refractivity contribution >= 4 is 0 Å². The Morgan fingerprint density at radius 1 is 1.05 bits per heavy atom. The van der Waals surface area contributed by atoms with Crippen molar-refractivity contribution in [3.05, 3.63) is 66.1 Å². The van der Waals surface area contributed by atoms with Crippen molar-refractivity contribution in [2.24, 2.45) is 0 Å². The van der Waals surface area contributed by atoms with Gasteiger partial charge in [0.1, 0.15) is 11.5 Å². The lowest BCUT2D eigenvalue weighted by Gasteiger charge is -2.00. The predicted molar refractivity (Wildman–Crippen MR) is 71.5 cm³/mol. The van der Waals surface area contributed by atoms with Gasteiger partial charge in [-0.15, -0.1) is 5.10 Å². The van der Waals surface area contributed by atoms with Crippen molar-refractivity contribution in [1.29, 1.82) is 0 Å². The molecule has 0 aliphatic carbocycles. The molecule has 0 amide bonds. The average Bonchev–Trinajstić information content (AvgIpc) is 2.88. The third-order valence-corrected chi connectivity index (χ3v) is 2.88. The van der Waals surface area contributed by atoms with E-state index in [1.807, 2.05) is 37.3 Å². The van der Waals surface area contributed by atoms with Crippen molar-refractivity contribution in [2.45, 2.75) is 6.92 Å². The van der Waals surface area contributed by atoms with Crippen LogP contribution in [0, 0.1) is 12.7 Å². The molecule has 3 aromatic rings. The Kier molecular flexibility index (Phi) is 2.83. The predicted octanol–water partition coefficient (Wildman–Crippen LogP) is 3.38. The Morgan fingerprint density at radius 2 is 1.89 bits per heavy atom. The quantitative estimate of drug-likeness (QED) is 0.701. The highest BCUT2D eigenvalue weighted by molar-refractivity contribution is 5.58. The lowest BCUT2D eigenvalue weighted by atomic mass is 10.2. The van der Waals surface area contributed by atoms with Gasteiger partial charge in [-0.2, -0.15) is 0 Å². The SMILES string of the molecule is Cc1cccc(-n2cc(-c3cccc(F)c3)nn2)c1. The van der Waals surface area contributed by atoms with Gasteiger partial charge in [0, 0.05) is 5.56 Å². The van der Waals surface area contributed by atoms with Crippen LogP contribution in [0.15, 0.2) is 54.7 Å². The molecule has 0 bridgehead atoms. The lowest BCUT2D eigenvalue weighted by Crippen LogP contribution is -1.94. The molecule has 0 radical (unpaired) electrons. The van der Waals surface area contributed by atoms with Crippen LogP contribution in [0.5, 0.6) is 0 Å². The maximum Gasteiger partial charge on any atom is 0.123 e. The smallest absolute Gasteiger partial charge is 0.123 e. The van der Waals surface area contributed by atoms with Crippen LogP contribution >= 0.6 is 0 Å². The summed E-state index contributed by atoms with van der Waals surface area (Å²) in [6.07, 6.45) is 1.80. The molecule has 3 rings (SSSR count). The van der Waals surface area contributed by atoms with E-state index in [0.717, 1.165) is 16.8 Å². The van der Waals surface area contributed by atoms with Crippen LogP contribution in [0.3, 0.4) is 0 Å². The molecule has 0 atom stereocenters. The first-order valence-corrected chi connectivity index (χ1v) is 5.98. The van der Waals surface area contributed by atoms with Gasteiger partial charge >= 0.3 is 0 Å². The molecule has 0 saturated carbocycles. The Morgan fingerprint density at radius 3 is 2.68 bits per heavy atom. The van der Waals surface area contributed by atoms with Crippen molar-refractivity contribution in [3.63, 3.8) is 0 Å². The van der Waals surface area contributed by atoms with Crippen LogP contribution in [0.2, 0.25) is 0 Å². The molecule has 0 fully saturated rings. The second-order valence-electron chi connectivity index (χ2n) is 4.40. The van der Waals surface area contributed by atoms with Gasteiger partial charge in [0.25, 0.3) is 0 Å². The first-order chi connectivity index (χ1) is 9.22. The van der Waals surface area contributed by atoms with E-state index in [9.17, 15) is 4.39 Å². The van der Waals surface area contributed by atoms with E-state index in [0.29, 0.717) is 5.69 Å². The molecule has 2 aromatic carbocycles. The summed E-state index contributed by atoms with van der Waals surface area (Å²) in [7, 11) is 0. The number of hydrogen-bond donors (Lipinski definition) is 0. The molecule has 0 unspecified atom stereocenters. The minimum Gasteiger partial charge on any atom is -0.220 e. The van der Waals surface area contributed by atoms with E-state index in [-0.39, 0.29) is 5.82 Å². The number of hydrogen-bond acceptors (Lipinski definition) is 2. The Bertz CT molecular complexity index is 659. The number of aryl methyl sites for hydroxylation is 1. The molecule has 94 valence electrons. The molecule has 1 aromatic heterocycles. The Balaban J connectivity index is 2.00. The van der Waals surface area contributed by atoms with Crippen molar-refractivity contribution in [3.8, 4) is 16.9 Å². The molecule has 4 heteroatoms. The van der Waals surface area contributed by atoms with Crippen LogP contribution in [0.25, 0.3) is 16.9 Å². The van der Waals surface area contributed by atoms with Gasteiger partial charge in [-0.25, -0.2) is 9.07 Å². The molecule has 1 heterocycles. The van der Waals surface area contributed by atoms with Gasteiger partial charge < -0.3 is 0 Å². The standard InChI is InChI=1S/C15H12FN3/c1-11-4-2-7-14(8-11)19-10-15(17-18-19)12-5-3-6-13(16)9-12/h2-10H,1H3. The average molecular weight is 253 g/mol.